The summed E-state index contributed by atoms with van der Waals surface area (Å²) in [5.74, 6) is 0.365. The van der Waals surface area contributed by atoms with Crippen LogP contribution in [0.25, 0.3) is 0 Å². The molecule has 1 aromatic carbocycles. The standard InChI is InChI=1S/C18H28BrN5O.HI/c1-3-24-10-4-5-15(24)12-22-18(20)21-9-8-17(25)23-16-11-14(19)7-6-13(16)2;/h6-7,11,15H,3-5,8-10,12H2,1-2H3,(H,23,25)(H3,20,21,22);1H. The number of carbonyl (C=O) groups is 1. The van der Waals surface area contributed by atoms with Crippen molar-refractivity contribution in [3.05, 3.63) is 28.2 Å². The summed E-state index contributed by atoms with van der Waals surface area (Å²) < 4.78 is 0.941. The topological polar surface area (TPSA) is 82.8 Å². The zero-order valence-electron chi connectivity index (χ0n) is 15.4. The van der Waals surface area contributed by atoms with Gasteiger partial charge in [0.2, 0.25) is 5.91 Å². The molecule has 1 aliphatic heterocycles. The quantitative estimate of drug-likeness (QED) is 0.283. The maximum atomic E-state index is 12.1. The van der Waals surface area contributed by atoms with E-state index in [9.17, 15) is 4.79 Å². The molecule has 26 heavy (non-hydrogen) atoms. The van der Waals surface area contributed by atoms with Crippen LogP contribution in [0.15, 0.2) is 27.7 Å². The normalized spacial score (nSPS) is 17.7. The molecule has 0 radical (unpaired) electrons. The van der Waals surface area contributed by atoms with Gasteiger partial charge in [-0.2, -0.15) is 0 Å². The number of aryl methyl sites for hydroxylation is 1. The molecule has 1 fully saturated rings. The van der Waals surface area contributed by atoms with Crippen molar-refractivity contribution in [2.75, 3.05) is 31.5 Å². The number of guanidine groups is 1. The Morgan fingerprint density at radius 1 is 1.46 bits per heavy atom. The van der Waals surface area contributed by atoms with E-state index in [4.69, 9.17) is 5.73 Å². The molecule has 6 nitrogen and oxygen atoms in total. The van der Waals surface area contributed by atoms with Gasteiger partial charge in [-0.3, -0.25) is 14.7 Å². The first-order chi connectivity index (χ1) is 12.0. The summed E-state index contributed by atoms with van der Waals surface area (Å²) in [6.45, 7) is 7.54. The van der Waals surface area contributed by atoms with Crippen molar-refractivity contribution < 1.29 is 4.79 Å². The second kappa shape index (κ2) is 11.8. The maximum absolute atomic E-state index is 12.1. The molecular weight excluding hydrogens is 509 g/mol. The summed E-state index contributed by atoms with van der Waals surface area (Å²) in [6.07, 6.45) is 2.75. The third-order valence-corrected chi connectivity index (χ3v) is 5.00. The van der Waals surface area contributed by atoms with Crippen molar-refractivity contribution in [3.8, 4) is 0 Å². The number of anilines is 1. The minimum absolute atomic E-state index is 0. The van der Waals surface area contributed by atoms with E-state index in [2.05, 4.69) is 43.4 Å². The van der Waals surface area contributed by atoms with E-state index in [0.29, 0.717) is 25.0 Å². The number of halogens is 2. The molecule has 1 heterocycles. The number of amides is 1. The lowest BCUT2D eigenvalue weighted by Crippen LogP contribution is -2.36. The highest BCUT2D eigenvalue weighted by Crippen LogP contribution is 2.20. The predicted octanol–water partition coefficient (Wildman–Crippen LogP) is 3.09. The smallest absolute Gasteiger partial charge is 0.226 e. The van der Waals surface area contributed by atoms with Gasteiger partial charge in [-0.25, -0.2) is 0 Å². The summed E-state index contributed by atoms with van der Waals surface area (Å²) in [6, 6.07) is 6.31. The molecule has 1 saturated heterocycles. The molecule has 1 aliphatic rings. The van der Waals surface area contributed by atoms with Crippen molar-refractivity contribution in [1.29, 1.82) is 0 Å². The zero-order chi connectivity index (χ0) is 18.2. The van der Waals surface area contributed by atoms with Crippen LogP contribution in [0, 0.1) is 6.92 Å². The molecule has 1 unspecified atom stereocenters. The Balaban J connectivity index is 0.00000338. The first kappa shape index (κ1) is 23.2. The molecule has 0 aromatic heterocycles. The van der Waals surface area contributed by atoms with Crippen LogP contribution in [0.4, 0.5) is 5.69 Å². The summed E-state index contributed by atoms with van der Waals surface area (Å²) in [5, 5.41) is 5.94. The number of carbonyl (C=O) groups excluding carboxylic acids is 1. The molecule has 0 bridgehead atoms. The fourth-order valence-corrected chi connectivity index (χ4v) is 3.38. The second-order valence-electron chi connectivity index (χ2n) is 6.33. The van der Waals surface area contributed by atoms with E-state index in [0.717, 1.165) is 35.4 Å². The van der Waals surface area contributed by atoms with Gasteiger partial charge in [0.05, 0.1) is 6.54 Å². The van der Waals surface area contributed by atoms with E-state index in [-0.39, 0.29) is 29.9 Å². The summed E-state index contributed by atoms with van der Waals surface area (Å²) in [7, 11) is 0. The van der Waals surface area contributed by atoms with Crippen molar-refractivity contribution >= 4 is 57.5 Å². The maximum Gasteiger partial charge on any atom is 0.226 e. The average Bonchev–Trinajstić information content (AvgIpc) is 3.04. The minimum atomic E-state index is -0.0468. The summed E-state index contributed by atoms with van der Waals surface area (Å²) in [4.78, 5) is 18.9. The Kier molecular flexibility index (Phi) is 10.5. The minimum Gasteiger partial charge on any atom is -0.370 e. The fraction of sp³-hybridized carbons (Fsp3) is 0.556. The Morgan fingerprint density at radius 2 is 2.23 bits per heavy atom. The SMILES string of the molecule is CCN1CCCC1CN=C(N)NCCC(=O)Nc1cc(Br)ccc1C.I. The number of likely N-dealkylation sites (tertiary alicyclic amines) is 1. The number of nitrogens with one attached hydrogen (secondary N) is 2. The first-order valence-corrected chi connectivity index (χ1v) is 9.62. The molecule has 0 saturated carbocycles. The number of benzene rings is 1. The third kappa shape index (κ3) is 7.40. The van der Waals surface area contributed by atoms with Crippen LogP contribution in [0.5, 0.6) is 0 Å². The van der Waals surface area contributed by atoms with E-state index < -0.39 is 0 Å². The number of nitrogens with zero attached hydrogens (tertiary/aromatic N) is 2. The monoisotopic (exact) mass is 537 g/mol. The summed E-state index contributed by atoms with van der Waals surface area (Å²) in [5.41, 5.74) is 7.76. The molecule has 1 aromatic rings. The van der Waals surface area contributed by atoms with Crippen molar-refractivity contribution in [2.24, 2.45) is 10.7 Å². The molecule has 2 rings (SSSR count). The molecule has 4 N–H and O–H groups in total. The van der Waals surface area contributed by atoms with E-state index in [1.54, 1.807) is 0 Å². The van der Waals surface area contributed by atoms with Gasteiger partial charge in [0.25, 0.3) is 0 Å². The van der Waals surface area contributed by atoms with Gasteiger partial charge in [-0.1, -0.05) is 28.9 Å². The fourth-order valence-electron chi connectivity index (χ4n) is 3.02. The lowest BCUT2D eigenvalue weighted by molar-refractivity contribution is -0.116. The second-order valence-corrected chi connectivity index (χ2v) is 7.25. The largest absolute Gasteiger partial charge is 0.370 e. The molecule has 1 amide bonds. The lowest BCUT2D eigenvalue weighted by Gasteiger charge is -2.20. The Morgan fingerprint density at radius 3 is 2.96 bits per heavy atom. The van der Waals surface area contributed by atoms with Gasteiger partial charge in [0, 0.05) is 29.2 Å². The van der Waals surface area contributed by atoms with Gasteiger partial charge >= 0.3 is 0 Å². The number of likely N-dealkylation sites (N-methyl/N-ethyl adjacent to an activating group) is 1. The van der Waals surface area contributed by atoms with Crippen LogP contribution in [0.2, 0.25) is 0 Å². The molecular formula is C18H29BrIN5O. The predicted molar refractivity (Wildman–Crippen MR) is 122 cm³/mol. The van der Waals surface area contributed by atoms with Crippen molar-refractivity contribution in [1.82, 2.24) is 10.2 Å². The zero-order valence-corrected chi connectivity index (χ0v) is 19.3. The molecule has 0 aliphatic carbocycles. The van der Waals surface area contributed by atoms with E-state index >= 15 is 0 Å². The van der Waals surface area contributed by atoms with Crippen molar-refractivity contribution in [2.45, 2.75) is 39.2 Å². The highest BCUT2D eigenvalue weighted by molar-refractivity contribution is 14.0. The van der Waals surface area contributed by atoms with Gasteiger partial charge in [-0.05, 0) is 50.6 Å². The molecule has 1 atom stereocenters. The van der Waals surface area contributed by atoms with Gasteiger partial charge in [0.15, 0.2) is 5.96 Å². The third-order valence-electron chi connectivity index (χ3n) is 4.51. The van der Waals surface area contributed by atoms with Crippen LogP contribution in [-0.2, 0) is 4.79 Å². The number of hydrogen-bond donors (Lipinski definition) is 3. The molecule has 8 heteroatoms. The number of hydrogen-bond acceptors (Lipinski definition) is 3. The van der Waals surface area contributed by atoms with Crippen LogP contribution in [0.1, 0.15) is 31.7 Å². The van der Waals surface area contributed by atoms with Crippen molar-refractivity contribution in [3.63, 3.8) is 0 Å². The Bertz CT molecular complexity index is 626. The Labute approximate surface area is 181 Å². The highest BCUT2D eigenvalue weighted by Gasteiger charge is 2.22. The molecule has 146 valence electrons. The highest BCUT2D eigenvalue weighted by atomic mass is 127. The van der Waals surface area contributed by atoms with Crippen LogP contribution in [-0.4, -0.2) is 49.0 Å². The number of rotatable bonds is 7. The first-order valence-electron chi connectivity index (χ1n) is 8.83. The number of aliphatic imine (C=N–C) groups is 1. The van der Waals surface area contributed by atoms with Crippen LogP contribution >= 0.6 is 39.9 Å². The lowest BCUT2D eigenvalue weighted by atomic mass is 10.2. The van der Waals surface area contributed by atoms with Crippen LogP contribution < -0.4 is 16.4 Å². The van der Waals surface area contributed by atoms with Gasteiger partial charge < -0.3 is 16.4 Å². The summed E-state index contributed by atoms with van der Waals surface area (Å²) >= 11 is 3.41. The van der Waals surface area contributed by atoms with Gasteiger partial charge in [0.1, 0.15) is 0 Å². The van der Waals surface area contributed by atoms with Gasteiger partial charge in [-0.15, -0.1) is 24.0 Å². The molecule has 0 spiro atoms. The van der Waals surface area contributed by atoms with Crippen LogP contribution in [0.3, 0.4) is 0 Å². The average molecular weight is 538 g/mol. The Hall–Kier alpha value is -0.870. The van der Waals surface area contributed by atoms with E-state index in [1.807, 2.05) is 25.1 Å². The van der Waals surface area contributed by atoms with E-state index in [1.165, 1.54) is 12.8 Å². The number of nitrogens with two attached hydrogens (primary N) is 1.